The summed E-state index contributed by atoms with van der Waals surface area (Å²) in [7, 11) is 1.86. The van der Waals surface area contributed by atoms with Gasteiger partial charge in [-0.3, -0.25) is 0 Å². The number of rotatable bonds is 4. The van der Waals surface area contributed by atoms with E-state index in [1.165, 1.54) is 6.07 Å². The fourth-order valence-corrected chi connectivity index (χ4v) is 2.49. The van der Waals surface area contributed by atoms with Crippen molar-refractivity contribution >= 4 is 17.3 Å². The zero-order valence-corrected chi connectivity index (χ0v) is 12.2. The van der Waals surface area contributed by atoms with Crippen LogP contribution in [0.4, 0.5) is 10.1 Å². The zero-order chi connectivity index (χ0) is 14.7. The molecule has 0 radical (unpaired) electrons. The van der Waals surface area contributed by atoms with Gasteiger partial charge in [-0.05, 0) is 25.1 Å². The lowest BCUT2D eigenvalue weighted by atomic mass is 10.0. The third-order valence-corrected chi connectivity index (χ3v) is 3.92. The minimum absolute atomic E-state index is 0.149. The number of aliphatic hydroxyl groups is 1. The molecule has 1 atom stereocenters. The van der Waals surface area contributed by atoms with Gasteiger partial charge < -0.3 is 10.0 Å². The fourth-order valence-electron chi connectivity index (χ4n) is 2.27. The van der Waals surface area contributed by atoms with Crippen molar-refractivity contribution in [1.29, 1.82) is 0 Å². The minimum atomic E-state index is -0.237. The molecule has 0 saturated heterocycles. The van der Waals surface area contributed by atoms with E-state index < -0.39 is 0 Å². The Kier molecular flexibility index (Phi) is 4.63. The van der Waals surface area contributed by atoms with E-state index in [1.54, 1.807) is 18.2 Å². The Labute approximate surface area is 123 Å². The average molecular weight is 294 g/mol. The van der Waals surface area contributed by atoms with Crippen LogP contribution in [-0.4, -0.2) is 12.2 Å². The van der Waals surface area contributed by atoms with Crippen LogP contribution >= 0.6 is 11.6 Å². The third-order valence-electron chi connectivity index (χ3n) is 3.57. The highest BCUT2D eigenvalue weighted by molar-refractivity contribution is 6.31. The van der Waals surface area contributed by atoms with E-state index in [-0.39, 0.29) is 18.5 Å². The zero-order valence-electron chi connectivity index (χ0n) is 11.5. The standard InChI is InChI=1S/C16H17ClFNO/c1-11(12-6-3-4-8-15(12)18)19(2)16-9-5-7-14(17)13(16)10-20/h3-9,11,20H,10H2,1-2H3. The first kappa shape index (κ1) is 14.8. The maximum Gasteiger partial charge on any atom is 0.128 e. The van der Waals surface area contributed by atoms with Crippen molar-refractivity contribution in [3.05, 3.63) is 64.4 Å². The van der Waals surface area contributed by atoms with Gasteiger partial charge in [-0.15, -0.1) is 0 Å². The van der Waals surface area contributed by atoms with E-state index in [0.717, 1.165) is 5.69 Å². The van der Waals surface area contributed by atoms with Gasteiger partial charge in [0.05, 0.1) is 12.6 Å². The third kappa shape index (κ3) is 2.79. The second-order valence-electron chi connectivity index (χ2n) is 4.70. The summed E-state index contributed by atoms with van der Waals surface area (Å²) in [6.07, 6.45) is 0. The first-order valence-electron chi connectivity index (χ1n) is 6.41. The first-order chi connectivity index (χ1) is 9.56. The molecule has 2 nitrogen and oxygen atoms in total. The van der Waals surface area contributed by atoms with Crippen molar-refractivity contribution in [3.8, 4) is 0 Å². The molecule has 0 saturated carbocycles. The van der Waals surface area contributed by atoms with Gasteiger partial charge in [-0.1, -0.05) is 35.9 Å². The van der Waals surface area contributed by atoms with Crippen molar-refractivity contribution in [2.75, 3.05) is 11.9 Å². The molecule has 2 rings (SSSR count). The highest BCUT2D eigenvalue weighted by Crippen LogP contribution is 2.32. The predicted octanol–water partition coefficient (Wildman–Crippen LogP) is 4.17. The van der Waals surface area contributed by atoms with Crippen LogP contribution in [0.3, 0.4) is 0 Å². The minimum Gasteiger partial charge on any atom is -0.392 e. The van der Waals surface area contributed by atoms with Crippen molar-refractivity contribution in [1.82, 2.24) is 0 Å². The lowest BCUT2D eigenvalue weighted by Crippen LogP contribution is -2.23. The van der Waals surface area contributed by atoms with E-state index in [1.807, 2.05) is 37.1 Å². The normalized spacial score (nSPS) is 12.2. The van der Waals surface area contributed by atoms with E-state index in [0.29, 0.717) is 16.1 Å². The predicted molar refractivity (Wildman–Crippen MR) is 80.6 cm³/mol. The van der Waals surface area contributed by atoms with Gasteiger partial charge in [0.2, 0.25) is 0 Å². The Morgan fingerprint density at radius 3 is 2.55 bits per heavy atom. The fraction of sp³-hybridized carbons (Fsp3) is 0.250. The van der Waals surface area contributed by atoms with Gasteiger partial charge in [0.1, 0.15) is 5.82 Å². The molecule has 1 N–H and O–H groups in total. The lowest BCUT2D eigenvalue weighted by molar-refractivity contribution is 0.282. The van der Waals surface area contributed by atoms with Gasteiger partial charge in [0.15, 0.2) is 0 Å². The molecule has 4 heteroatoms. The molecule has 0 aliphatic carbocycles. The summed E-state index contributed by atoms with van der Waals surface area (Å²) in [5.41, 5.74) is 2.06. The second-order valence-corrected chi connectivity index (χ2v) is 5.11. The SMILES string of the molecule is CC(c1ccccc1F)N(C)c1cccc(Cl)c1CO. The summed E-state index contributed by atoms with van der Waals surface area (Å²) in [5.74, 6) is -0.237. The molecule has 0 aromatic heterocycles. The summed E-state index contributed by atoms with van der Waals surface area (Å²) in [6, 6.07) is 12.0. The molecule has 20 heavy (non-hydrogen) atoms. The molecular formula is C16H17ClFNO. The van der Waals surface area contributed by atoms with E-state index in [2.05, 4.69) is 0 Å². The van der Waals surface area contributed by atoms with E-state index in [9.17, 15) is 9.50 Å². The number of hydrogen-bond donors (Lipinski definition) is 1. The maximum atomic E-state index is 13.9. The van der Waals surface area contributed by atoms with Gasteiger partial charge in [-0.25, -0.2) is 4.39 Å². The van der Waals surface area contributed by atoms with Crippen LogP contribution < -0.4 is 4.90 Å². The second kappa shape index (κ2) is 6.25. The molecule has 2 aromatic carbocycles. The molecule has 0 spiro atoms. The Bertz CT molecular complexity index is 603. The van der Waals surface area contributed by atoms with E-state index >= 15 is 0 Å². The van der Waals surface area contributed by atoms with Gasteiger partial charge >= 0.3 is 0 Å². The maximum absolute atomic E-state index is 13.9. The number of halogens is 2. The molecule has 0 heterocycles. The number of aliphatic hydroxyl groups excluding tert-OH is 1. The lowest BCUT2D eigenvalue weighted by Gasteiger charge is -2.29. The number of anilines is 1. The monoisotopic (exact) mass is 293 g/mol. The molecule has 0 aliphatic rings. The van der Waals surface area contributed by atoms with Crippen LogP contribution in [0.1, 0.15) is 24.1 Å². The molecule has 2 aromatic rings. The molecular weight excluding hydrogens is 277 g/mol. The Hall–Kier alpha value is -1.58. The highest BCUT2D eigenvalue weighted by atomic mass is 35.5. The summed E-state index contributed by atoms with van der Waals surface area (Å²) in [6.45, 7) is 1.77. The largest absolute Gasteiger partial charge is 0.392 e. The smallest absolute Gasteiger partial charge is 0.128 e. The van der Waals surface area contributed by atoms with Gasteiger partial charge in [-0.2, -0.15) is 0 Å². The molecule has 0 bridgehead atoms. The van der Waals surface area contributed by atoms with Crippen molar-refractivity contribution in [2.24, 2.45) is 0 Å². The van der Waals surface area contributed by atoms with Gasteiger partial charge in [0, 0.05) is 28.9 Å². The van der Waals surface area contributed by atoms with Crippen LogP contribution in [-0.2, 0) is 6.61 Å². The van der Waals surface area contributed by atoms with Crippen LogP contribution in [0.25, 0.3) is 0 Å². The first-order valence-corrected chi connectivity index (χ1v) is 6.79. The average Bonchev–Trinajstić information content (AvgIpc) is 2.46. The summed E-state index contributed by atoms with van der Waals surface area (Å²) < 4.78 is 13.9. The summed E-state index contributed by atoms with van der Waals surface area (Å²) in [5, 5.41) is 9.98. The van der Waals surface area contributed by atoms with Crippen molar-refractivity contribution in [2.45, 2.75) is 19.6 Å². The Morgan fingerprint density at radius 2 is 1.90 bits per heavy atom. The van der Waals surface area contributed by atoms with Gasteiger partial charge in [0.25, 0.3) is 0 Å². The number of hydrogen-bond acceptors (Lipinski definition) is 2. The van der Waals surface area contributed by atoms with Crippen LogP contribution in [0, 0.1) is 5.82 Å². The summed E-state index contributed by atoms with van der Waals surface area (Å²) >= 11 is 6.09. The number of nitrogens with zero attached hydrogens (tertiary/aromatic N) is 1. The topological polar surface area (TPSA) is 23.5 Å². The van der Waals surface area contributed by atoms with Crippen LogP contribution in [0.5, 0.6) is 0 Å². The Balaban J connectivity index is 2.39. The molecule has 0 fully saturated rings. The molecule has 1 unspecified atom stereocenters. The number of benzene rings is 2. The molecule has 0 aliphatic heterocycles. The van der Waals surface area contributed by atoms with Crippen molar-refractivity contribution in [3.63, 3.8) is 0 Å². The van der Waals surface area contributed by atoms with Crippen LogP contribution in [0.2, 0.25) is 5.02 Å². The Morgan fingerprint density at radius 1 is 1.20 bits per heavy atom. The van der Waals surface area contributed by atoms with E-state index in [4.69, 9.17) is 11.6 Å². The molecule has 106 valence electrons. The van der Waals surface area contributed by atoms with Crippen molar-refractivity contribution < 1.29 is 9.50 Å². The molecule has 0 amide bonds. The highest BCUT2D eigenvalue weighted by Gasteiger charge is 2.18. The van der Waals surface area contributed by atoms with Crippen LogP contribution in [0.15, 0.2) is 42.5 Å². The quantitative estimate of drug-likeness (QED) is 0.914. The summed E-state index contributed by atoms with van der Waals surface area (Å²) in [4.78, 5) is 1.91.